The molecule has 0 atom stereocenters. The molecule has 3 aromatic rings. The lowest BCUT2D eigenvalue weighted by atomic mass is 9.92. The van der Waals surface area contributed by atoms with Gasteiger partial charge in [0.2, 0.25) is 0 Å². The van der Waals surface area contributed by atoms with Crippen LogP contribution in [0.2, 0.25) is 0 Å². The van der Waals surface area contributed by atoms with Gasteiger partial charge in [-0.1, -0.05) is 18.2 Å². The molecule has 25 heavy (non-hydrogen) atoms. The fraction of sp³-hybridized carbons (Fsp3) is 0.300. The molecule has 1 saturated carbocycles. The molecule has 0 unspecified atom stereocenters. The minimum atomic E-state index is 0.562. The smallest absolute Gasteiger partial charge is 0.197 e. The molecule has 2 aliphatic rings. The molecular weight excluding hydrogens is 310 g/mol. The van der Waals surface area contributed by atoms with Gasteiger partial charge in [0.1, 0.15) is 0 Å². The Kier molecular flexibility index (Phi) is 3.44. The van der Waals surface area contributed by atoms with Crippen molar-refractivity contribution >= 4 is 5.69 Å². The van der Waals surface area contributed by atoms with E-state index in [1.54, 1.807) is 29.6 Å². The summed E-state index contributed by atoms with van der Waals surface area (Å²) in [6.45, 7) is 1.95. The number of benzene rings is 1. The summed E-state index contributed by atoms with van der Waals surface area (Å²) in [6.07, 6.45) is 11.0. The molecule has 0 N–H and O–H groups in total. The highest BCUT2D eigenvalue weighted by Gasteiger charge is 2.28. The van der Waals surface area contributed by atoms with Crippen LogP contribution in [0.4, 0.5) is 5.69 Å². The molecule has 3 heterocycles. The Balaban J connectivity index is 1.39. The third kappa shape index (κ3) is 2.76. The first-order chi connectivity index (χ1) is 12.4. The zero-order valence-corrected chi connectivity index (χ0v) is 14.0. The Labute approximate surface area is 146 Å². The van der Waals surface area contributed by atoms with Crippen LogP contribution in [-0.2, 0) is 13.0 Å². The molecule has 0 radical (unpaired) electrons. The highest BCUT2D eigenvalue weighted by Crippen LogP contribution is 2.43. The average Bonchev–Trinajstić information content (AvgIpc) is 3.53. The molecule has 0 bridgehead atoms. The predicted molar refractivity (Wildman–Crippen MR) is 96.2 cm³/mol. The van der Waals surface area contributed by atoms with Gasteiger partial charge < -0.3 is 4.90 Å². The van der Waals surface area contributed by atoms with E-state index in [2.05, 4.69) is 43.0 Å². The second-order valence-corrected chi connectivity index (χ2v) is 6.77. The number of rotatable bonds is 3. The minimum Gasteiger partial charge on any atom is -0.364 e. The van der Waals surface area contributed by atoms with Crippen molar-refractivity contribution in [1.82, 2.24) is 19.9 Å². The maximum Gasteiger partial charge on any atom is 0.197 e. The Morgan fingerprint density at radius 1 is 0.880 bits per heavy atom. The zero-order chi connectivity index (χ0) is 16.6. The number of anilines is 1. The van der Waals surface area contributed by atoms with E-state index >= 15 is 0 Å². The lowest BCUT2D eigenvalue weighted by Gasteiger charge is -2.31. The average molecular weight is 329 g/mol. The molecule has 1 aromatic carbocycles. The van der Waals surface area contributed by atoms with Crippen LogP contribution in [0.15, 0.2) is 49.1 Å². The molecular formula is C20H19N5. The van der Waals surface area contributed by atoms with E-state index in [0.29, 0.717) is 11.6 Å². The summed E-state index contributed by atoms with van der Waals surface area (Å²) in [5.74, 6) is 1.94. The van der Waals surface area contributed by atoms with Crippen molar-refractivity contribution < 1.29 is 0 Å². The topological polar surface area (TPSA) is 54.8 Å². The van der Waals surface area contributed by atoms with Crippen molar-refractivity contribution in [1.29, 1.82) is 0 Å². The van der Waals surface area contributed by atoms with Crippen molar-refractivity contribution in [2.75, 3.05) is 11.4 Å². The first-order valence-electron chi connectivity index (χ1n) is 8.83. The Morgan fingerprint density at radius 3 is 2.40 bits per heavy atom. The Morgan fingerprint density at radius 2 is 1.64 bits per heavy atom. The van der Waals surface area contributed by atoms with Gasteiger partial charge in [0.05, 0.1) is 18.1 Å². The van der Waals surface area contributed by atoms with E-state index in [1.807, 2.05) is 12.4 Å². The van der Waals surface area contributed by atoms with Gasteiger partial charge in [-0.25, -0.2) is 19.9 Å². The van der Waals surface area contributed by atoms with E-state index in [1.165, 1.54) is 18.4 Å². The quantitative estimate of drug-likeness (QED) is 0.737. The summed E-state index contributed by atoms with van der Waals surface area (Å²) < 4.78 is 0. The fourth-order valence-corrected chi connectivity index (χ4v) is 3.65. The van der Waals surface area contributed by atoms with E-state index < -0.39 is 0 Å². The van der Waals surface area contributed by atoms with Crippen LogP contribution in [0.25, 0.3) is 11.6 Å². The summed E-state index contributed by atoms with van der Waals surface area (Å²) in [5, 5.41) is 0. The van der Waals surface area contributed by atoms with Gasteiger partial charge in [0.15, 0.2) is 11.6 Å². The van der Waals surface area contributed by atoms with E-state index in [9.17, 15) is 0 Å². The maximum atomic E-state index is 4.46. The van der Waals surface area contributed by atoms with Gasteiger partial charge in [0.25, 0.3) is 0 Å². The van der Waals surface area contributed by atoms with Crippen molar-refractivity contribution in [3.63, 3.8) is 0 Å². The maximum absolute atomic E-state index is 4.46. The van der Waals surface area contributed by atoms with Crippen LogP contribution >= 0.6 is 0 Å². The van der Waals surface area contributed by atoms with Gasteiger partial charge in [-0.2, -0.15) is 0 Å². The van der Waals surface area contributed by atoms with E-state index in [4.69, 9.17) is 0 Å². The zero-order valence-electron chi connectivity index (χ0n) is 14.0. The Bertz CT molecular complexity index is 888. The molecule has 0 saturated heterocycles. The normalized spacial score (nSPS) is 16.6. The van der Waals surface area contributed by atoms with Gasteiger partial charge >= 0.3 is 0 Å². The van der Waals surface area contributed by atoms with Crippen LogP contribution in [-0.4, -0.2) is 26.5 Å². The highest BCUT2D eigenvalue weighted by molar-refractivity contribution is 5.52. The largest absolute Gasteiger partial charge is 0.364 e. The predicted octanol–water partition coefficient (Wildman–Crippen LogP) is 3.37. The third-order valence-electron chi connectivity index (χ3n) is 5.09. The molecule has 0 spiro atoms. The first-order valence-corrected chi connectivity index (χ1v) is 8.83. The summed E-state index contributed by atoms with van der Waals surface area (Å²) in [4.78, 5) is 19.7. The molecule has 124 valence electrons. The fourth-order valence-electron chi connectivity index (χ4n) is 3.65. The van der Waals surface area contributed by atoms with E-state index in [-0.39, 0.29) is 0 Å². The lowest BCUT2D eigenvalue weighted by molar-refractivity contribution is 0.720. The monoisotopic (exact) mass is 329 g/mol. The summed E-state index contributed by atoms with van der Waals surface area (Å²) in [7, 11) is 0. The first kappa shape index (κ1) is 14.5. The second kappa shape index (κ2) is 5.92. The molecule has 5 nitrogen and oxygen atoms in total. The minimum absolute atomic E-state index is 0.562. The molecule has 1 fully saturated rings. The second-order valence-electron chi connectivity index (χ2n) is 6.77. The molecule has 5 rings (SSSR count). The molecule has 2 aromatic heterocycles. The number of nitrogens with zero attached hydrogens (tertiary/aromatic N) is 5. The van der Waals surface area contributed by atoms with E-state index in [0.717, 1.165) is 31.1 Å². The molecule has 0 amide bonds. The van der Waals surface area contributed by atoms with Gasteiger partial charge in [-0.3, -0.25) is 0 Å². The van der Waals surface area contributed by atoms with Gasteiger partial charge in [0, 0.05) is 25.5 Å². The van der Waals surface area contributed by atoms with Crippen LogP contribution in [0, 0.1) is 0 Å². The molecule has 1 aliphatic carbocycles. The SMILES string of the molecule is c1cnc(-c2ncc(N3CCc4c(cccc4C4CC4)C3)cn2)nc1. The summed E-state index contributed by atoms with van der Waals surface area (Å²) in [6, 6.07) is 8.59. The van der Waals surface area contributed by atoms with Gasteiger partial charge in [-0.15, -0.1) is 0 Å². The van der Waals surface area contributed by atoms with Crippen LogP contribution in [0.1, 0.15) is 35.4 Å². The van der Waals surface area contributed by atoms with Crippen molar-refractivity contribution in [3.8, 4) is 11.6 Å². The van der Waals surface area contributed by atoms with Crippen LogP contribution in [0.5, 0.6) is 0 Å². The lowest BCUT2D eigenvalue weighted by Crippen LogP contribution is -2.31. The standard InChI is InChI=1S/C20H19N5/c1-3-15-13-25(10-7-18(15)17(4-1)14-5-6-14)16-11-23-20(24-12-16)19-21-8-2-9-22-19/h1-4,8-9,11-12,14H,5-7,10,13H2. The summed E-state index contributed by atoms with van der Waals surface area (Å²) in [5.41, 5.74) is 5.68. The van der Waals surface area contributed by atoms with Crippen molar-refractivity contribution in [2.24, 2.45) is 0 Å². The van der Waals surface area contributed by atoms with Crippen molar-refractivity contribution in [2.45, 2.75) is 31.7 Å². The number of hydrogen-bond acceptors (Lipinski definition) is 5. The van der Waals surface area contributed by atoms with Crippen LogP contribution < -0.4 is 4.90 Å². The molecule has 5 heteroatoms. The number of aromatic nitrogens is 4. The van der Waals surface area contributed by atoms with Crippen LogP contribution in [0.3, 0.4) is 0 Å². The number of fused-ring (bicyclic) bond motifs is 1. The number of hydrogen-bond donors (Lipinski definition) is 0. The van der Waals surface area contributed by atoms with Crippen molar-refractivity contribution in [3.05, 3.63) is 65.7 Å². The summed E-state index contributed by atoms with van der Waals surface area (Å²) >= 11 is 0. The highest BCUT2D eigenvalue weighted by atomic mass is 15.2. The van der Waals surface area contributed by atoms with Gasteiger partial charge in [-0.05, 0) is 47.9 Å². The Hall–Kier alpha value is -2.82. The molecule has 1 aliphatic heterocycles. The third-order valence-corrected chi connectivity index (χ3v) is 5.09.